The highest BCUT2D eigenvalue weighted by Gasteiger charge is 2.33. The molecule has 1 unspecified atom stereocenters. The minimum absolute atomic E-state index is 0.0290. The minimum Gasteiger partial charge on any atom is -0.444 e. The summed E-state index contributed by atoms with van der Waals surface area (Å²) in [7, 11) is 0. The second-order valence-corrected chi connectivity index (χ2v) is 7.75. The number of nitrogens with one attached hydrogen (secondary N) is 2. The largest absolute Gasteiger partial charge is 0.444 e. The maximum Gasteiger partial charge on any atom is 0.410 e. The lowest BCUT2D eigenvalue weighted by Gasteiger charge is -2.28. The Morgan fingerprint density at radius 1 is 1.50 bits per heavy atom. The summed E-state index contributed by atoms with van der Waals surface area (Å²) >= 11 is 1.32. The van der Waals surface area contributed by atoms with Gasteiger partial charge in [-0.25, -0.2) is 4.79 Å². The molecule has 1 aromatic heterocycles. The highest BCUT2D eigenvalue weighted by molar-refractivity contribution is 7.14. The molecule has 0 aromatic carbocycles. The van der Waals surface area contributed by atoms with Crippen LogP contribution in [0.5, 0.6) is 0 Å². The highest BCUT2D eigenvalue weighted by atomic mass is 32.1. The number of amidine groups is 1. The molecule has 132 valence electrons. The molecule has 0 saturated carbocycles. The maximum atomic E-state index is 12.2. The van der Waals surface area contributed by atoms with Crippen molar-refractivity contribution in [3.8, 4) is 0 Å². The first-order chi connectivity index (χ1) is 11.2. The highest BCUT2D eigenvalue weighted by Crippen LogP contribution is 2.25. The summed E-state index contributed by atoms with van der Waals surface area (Å²) in [6.45, 7) is 6.09. The topological polar surface area (TPSA) is 109 Å². The van der Waals surface area contributed by atoms with Crippen molar-refractivity contribution in [1.29, 1.82) is 5.41 Å². The molecule has 4 N–H and O–H groups in total. The Bertz CT molecular complexity index is 636. The third-order valence-corrected chi connectivity index (χ3v) is 4.44. The lowest BCUT2D eigenvalue weighted by atomic mass is 10.1. The molecule has 1 aliphatic rings. The van der Waals surface area contributed by atoms with Gasteiger partial charge in [0, 0.05) is 30.0 Å². The van der Waals surface area contributed by atoms with E-state index in [2.05, 4.69) is 5.32 Å². The number of likely N-dealkylation sites (tertiary alicyclic amines) is 1. The molecular weight excluding hydrogens is 328 g/mol. The lowest BCUT2D eigenvalue weighted by molar-refractivity contribution is -0.117. The third-order valence-electron chi connectivity index (χ3n) is 3.60. The van der Waals surface area contributed by atoms with Crippen LogP contribution in [0.15, 0.2) is 11.4 Å². The number of amides is 2. The average Bonchev–Trinajstić information content (AvgIpc) is 3.05. The van der Waals surface area contributed by atoms with E-state index in [1.165, 1.54) is 11.3 Å². The van der Waals surface area contributed by atoms with Gasteiger partial charge in [0.2, 0.25) is 5.91 Å². The van der Waals surface area contributed by atoms with Gasteiger partial charge in [-0.1, -0.05) is 0 Å². The van der Waals surface area contributed by atoms with Gasteiger partial charge in [0.05, 0.1) is 5.00 Å². The van der Waals surface area contributed by atoms with Crippen molar-refractivity contribution in [3.05, 3.63) is 17.0 Å². The van der Waals surface area contributed by atoms with Gasteiger partial charge in [-0.05, 0) is 39.7 Å². The molecule has 1 fully saturated rings. The molecule has 0 radical (unpaired) electrons. The third kappa shape index (κ3) is 4.95. The number of hydrogen-bond donors (Lipinski definition) is 3. The fourth-order valence-electron chi connectivity index (χ4n) is 2.55. The van der Waals surface area contributed by atoms with Crippen molar-refractivity contribution in [3.63, 3.8) is 0 Å². The van der Waals surface area contributed by atoms with Crippen molar-refractivity contribution in [1.82, 2.24) is 4.90 Å². The van der Waals surface area contributed by atoms with Gasteiger partial charge in [0.1, 0.15) is 11.4 Å². The Labute approximate surface area is 145 Å². The average molecular weight is 352 g/mol. The van der Waals surface area contributed by atoms with Gasteiger partial charge in [0.25, 0.3) is 0 Å². The first kappa shape index (κ1) is 18.3. The van der Waals surface area contributed by atoms with Gasteiger partial charge in [0.15, 0.2) is 0 Å². The van der Waals surface area contributed by atoms with E-state index in [-0.39, 0.29) is 30.3 Å². The number of carbonyl (C=O) groups is 2. The summed E-state index contributed by atoms with van der Waals surface area (Å²) in [5, 5.41) is 12.5. The zero-order valence-electron chi connectivity index (χ0n) is 14.2. The lowest BCUT2D eigenvalue weighted by Crippen LogP contribution is -2.41. The number of rotatable bonds is 4. The van der Waals surface area contributed by atoms with E-state index in [0.29, 0.717) is 17.1 Å². The van der Waals surface area contributed by atoms with E-state index >= 15 is 0 Å². The molecule has 0 bridgehead atoms. The molecule has 2 heterocycles. The molecule has 1 aliphatic heterocycles. The van der Waals surface area contributed by atoms with Crippen molar-refractivity contribution < 1.29 is 14.3 Å². The Balaban J connectivity index is 1.92. The monoisotopic (exact) mass is 352 g/mol. The molecule has 1 atom stereocenters. The predicted octanol–water partition coefficient (Wildman–Crippen LogP) is 2.76. The predicted molar refractivity (Wildman–Crippen MR) is 94.5 cm³/mol. The van der Waals surface area contributed by atoms with E-state index in [1.807, 2.05) is 20.8 Å². The first-order valence-electron chi connectivity index (χ1n) is 7.88. The molecule has 2 rings (SSSR count). The number of nitrogens with zero attached hydrogens (tertiary/aromatic N) is 1. The van der Waals surface area contributed by atoms with E-state index in [9.17, 15) is 9.59 Å². The second kappa shape index (κ2) is 7.21. The molecular formula is C16H24N4O3S. The number of hydrogen-bond acceptors (Lipinski definition) is 5. The van der Waals surface area contributed by atoms with Crippen molar-refractivity contribution in [2.24, 2.45) is 5.73 Å². The van der Waals surface area contributed by atoms with Gasteiger partial charge < -0.3 is 20.7 Å². The molecule has 1 aromatic rings. The van der Waals surface area contributed by atoms with E-state index < -0.39 is 5.60 Å². The van der Waals surface area contributed by atoms with E-state index in [0.717, 1.165) is 12.8 Å². The van der Waals surface area contributed by atoms with Crippen LogP contribution in [0.2, 0.25) is 0 Å². The second-order valence-electron chi connectivity index (χ2n) is 6.84. The van der Waals surface area contributed by atoms with E-state index in [1.54, 1.807) is 16.3 Å². The SMILES string of the molecule is CC(C)(C)OC(=O)N1CCCC1CC(=O)Nc1cc(C(=N)N)cs1. The summed E-state index contributed by atoms with van der Waals surface area (Å²) in [6, 6.07) is 1.53. The van der Waals surface area contributed by atoms with Crippen LogP contribution in [-0.2, 0) is 9.53 Å². The molecule has 8 heteroatoms. The van der Waals surface area contributed by atoms with Crippen LogP contribution < -0.4 is 11.1 Å². The van der Waals surface area contributed by atoms with Gasteiger partial charge >= 0.3 is 6.09 Å². The number of carbonyl (C=O) groups excluding carboxylic acids is 2. The normalized spacial score (nSPS) is 17.6. The Morgan fingerprint density at radius 3 is 2.79 bits per heavy atom. The number of anilines is 1. The molecule has 0 aliphatic carbocycles. The van der Waals surface area contributed by atoms with Gasteiger partial charge in [-0.2, -0.15) is 0 Å². The number of nitrogens with two attached hydrogens (primary N) is 1. The van der Waals surface area contributed by atoms with Gasteiger partial charge in [-0.3, -0.25) is 10.2 Å². The molecule has 7 nitrogen and oxygen atoms in total. The maximum absolute atomic E-state index is 12.2. The molecule has 0 spiro atoms. The summed E-state index contributed by atoms with van der Waals surface area (Å²) < 4.78 is 5.40. The fourth-order valence-corrected chi connectivity index (χ4v) is 3.37. The van der Waals surface area contributed by atoms with E-state index in [4.69, 9.17) is 15.9 Å². The summed E-state index contributed by atoms with van der Waals surface area (Å²) in [5.41, 5.74) is 5.45. The van der Waals surface area contributed by atoms with Gasteiger partial charge in [-0.15, -0.1) is 11.3 Å². The Morgan fingerprint density at radius 2 is 2.21 bits per heavy atom. The van der Waals surface area contributed by atoms with Crippen molar-refractivity contribution >= 4 is 34.2 Å². The smallest absolute Gasteiger partial charge is 0.410 e. The molecule has 24 heavy (non-hydrogen) atoms. The van der Waals surface area contributed by atoms with Crippen LogP contribution in [0.4, 0.5) is 9.80 Å². The van der Waals surface area contributed by atoms with Crippen LogP contribution >= 0.6 is 11.3 Å². The molecule has 2 amide bonds. The fraction of sp³-hybridized carbons (Fsp3) is 0.562. The Hall–Kier alpha value is -2.09. The van der Waals surface area contributed by atoms with Crippen LogP contribution in [0.3, 0.4) is 0 Å². The number of thiophene rings is 1. The minimum atomic E-state index is -0.549. The zero-order valence-corrected chi connectivity index (χ0v) is 15.0. The van der Waals surface area contributed by atoms with Crippen molar-refractivity contribution in [2.45, 2.75) is 51.7 Å². The Kier molecular flexibility index (Phi) is 5.48. The van der Waals surface area contributed by atoms with Crippen LogP contribution in [0, 0.1) is 5.41 Å². The van der Waals surface area contributed by atoms with Crippen LogP contribution in [0.1, 0.15) is 45.6 Å². The number of nitrogen functional groups attached to an aromatic ring is 1. The quantitative estimate of drug-likeness (QED) is 0.572. The number of ether oxygens (including phenoxy) is 1. The summed E-state index contributed by atoms with van der Waals surface area (Å²) in [4.78, 5) is 26.1. The summed E-state index contributed by atoms with van der Waals surface area (Å²) in [6.07, 6.45) is 1.51. The van der Waals surface area contributed by atoms with Crippen LogP contribution in [-0.4, -0.2) is 40.9 Å². The standard InChI is InChI=1S/C16H24N4O3S/c1-16(2,3)23-15(22)20-6-4-5-11(20)8-12(21)19-13-7-10(9-24-13)14(17)18/h7,9,11H,4-6,8H2,1-3H3,(H3,17,18)(H,19,21). The van der Waals surface area contributed by atoms with Crippen molar-refractivity contribution in [2.75, 3.05) is 11.9 Å². The summed E-state index contributed by atoms with van der Waals surface area (Å²) in [5.74, 6) is -0.189. The van der Waals surface area contributed by atoms with Crippen LogP contribution in [0.25, 0.3) is 0 Å². The zero-order chi connectivity index (χ0) is 17.9. The molecule has 1 saturated heterocycles. The first-order valence-corrected chi connectivity index (χ1v) is 8.76.